The minimum atomic E-state index is -0.499. The minimum Gasteiger partial charge on any atom is -0.327 e. The zero-order valence-electron chi connectivity index (χ0n) is 12.6. The first-order chi connectivity index (χ1) is 10.8. The van der Waals surface area contributed by atoms with Crippen molar-refractivity contribution in [3.8, 4) is 0 Å². The number of carbonyl (C=O) groups is 4. The second kappa shape index (κ2) is 5.54. The molecular formula is C16H8BrN2O4Y-. The van der Waals surface area contributed by atoms with Gasteiger partial charge >= 0.3 is 0 Å². The Morgan fingerprint density at radius 3 is 2.12 bits per heavy atom. The van der Waals surface area contributed by atoms with Crippen molar-refractivity contribution in [3.05, 3.63) is 44.9 Å². The number of carbonyl (C=O) groups excluding carboxylic acids is 4. The van der Waals surface area contributed by atoms with Gasteiger partial charge in [0.2, 0.25) is 11.8 Å². The second-order valence-electron chi connectivity index (χ2n) is 5.45. The molecule has 2 aromatic rings. The van der Waals surface area contributed by atoms with Crippen LogP contribution in [-0.2, 0) is 32.7 Å². The van der Waals surface area contributed by atoms with Gasteiger partial charge in [0.15, 0.2) is 5.91 Å². The molecule has 0 bridgehead atoms. The van der Waals surface area contributed by atoms with Crippen molar-refractivity contribution >= 4 is 50.3 Å². The number of nitrogens with zero attached hydrogens (tertiary/aromatic N) is 2. The van der Waals surface area contributed by atoms with Crippen molar-refractivity contribution in [1.82, 2.24) is 9.80 Å². The van der Waals surface area contributed by atoms with E-state index >= 15 is 0 Å². The van der Waals surface area contributed by atoms with Crippen LogP contribution in [0.4, 0.5) is 0 Å². The molecule has 4 amide bonds. The third-order valence-electron chi connectivity index (χ3n) is 4.27. The Bertz CT molecular complexity index is 1000. The molecule has 0 aromatic heterocycles. The zero-order chi connectivity index (χ0) is 16.6. The average Bonchev–Trinajstić information content (AvgIpc) is 2.54. The number of benzene rings is 2. The van der Waals surface area contributed by atoms with Gasteiger partial charge in [-0.15, -0.1) is 12.1 Å². The maximum Gasteiger partial charge on any atom is 0.260 e. The molecule has 0 aliphatic carbocycles. The molecule has 0 fully saturated rings. The van der Waals surface area contributed by atoms with Gasteiger partial charge in [-0.3, -0.25) is 19.3 Å². The molecule has 117 valence electrons. The van der Waals surface area contributed by atoms with Gasteiger partial charge < -0.3 is 9.69 Å². The Morgan fingerprint density at radius 2 is 1.46 bits per heavy atom. The number of hydrogen-bond donors (Lipinski definition) is 0. The standard InChI is InChI=1S/C16H8BrN2O4.Y/c1-18-13(20)6-3-4-7-11-10(6)8(15(18)22)5-9(17)12(11)16(23)19(2)14(7)21;/h4-5H,1-2H3;/q-1;. The molecule has 4 rings (SSSR count). The van der Waals surface area contributed by atoms with Crippen LogP contribution in [0, 0.1) is 6.07 Å². The second-order valence-corrected chi connectivity index (χ2v) is 6.30. The van der Waals surface area contributed by atoms with Gasteiger partial charge in [-0.05, 0) is 11.6 Å². The van der Waals surface area contributed by atoms with Crippen LogP contribution in [0.25, 0.3) is 10.8 Å². The average molecular weight is 461 g/mol. The van der Waals surface area contributed by atoms with Crippen LogP contribution in [0.3, 0.4) is 0 Å². The molecule has 2 aromatic carbocycles. The number of halogens is 1. The van der Waals surface area contributed by atoms with Crippen LogP contribution in [0.15, 0.2) is 16.6 Å². The predicted molar refractivity (Wildman–Crippen MR) is 83.3 cm³/mol. The van der Waals surface area contributed by atoms with Crippen molar-refractivity contribution in [2.75, 3.05) is 14.1 Å². The summed E-state index contributed by atoms with van der Waals surface area (Å²) in [6.07, 6.45) is 0. The van der Waals surface area contributed by atoms with E-state index < -0.39 is 23.6 Å². The summed E-state index contributed by atoms with van der Waals surface area (Å²) in [5, 5.41) is 0.662. The molecule has 6 nitrogen and oxygen atoms in total. The molecule has 24 heavy (non-hydrogen) atoms. The smallest absolute Gasteiger partial charge is 0.260 e. The summed E-state index contributed by atoms with van der Waals surface area (Å²) < 4.78 is 0.416. The Morgan fingerprint density at radius 1 is 0.875 bits per heavy atom. The molecule has 0 spiro atoms. The molecular weight excluding hydrogens is 453 g/mol. The predicted octanol–water partition coefficient (Wildman–Crippen LogP) is 1.85. The van der Waals surface area contributed by atoms with E-state index in [4.69, 9.17) is 0 Å². The number of rotatable bonds is 0. The SMILES string of the molecule is CN1C(=O)c2[c-]cc3c4c(c(Br)cc(c24)C1=O)C(=O)N(C)C3=O.[Y]. The van der Waals surface area contributed by atoms with Crippen molar-refractivity contribution in [2.24, 2.45) is 0 Å². The van der Waals surface area contributed by atoms with Gasteiger partial charge in [0.25, 0.3) is 5.91 Å². The molecule has 0 saturated carbocycles. The number of hydrogen-bond acceptors (Lipinski definition) is 4. The topological polar surface area (TPSA) is 74.8 Å². The summed E-state index contributed by atoms with van der Waals surface area (Å²) >= 11 is 3.31. The zero-order valence-corrected chi connectivity index (χ0v) is 17.1. The molecule has 0 atom stereocenters. The molecule has 0 saturated heterocycles. The Balaban J connectivity index is 0.00000169. The fraction of sp³-hybridized carbons (Fsp3) is 0.125. The fourth-order valence-corrected chi connectivity index (χ4v) is 3.66. The van der Waals surface area contributed by atoms with E-state index in [1.807, 2.05) is 0 Å². The third kappa shape index (κ3) is 1.95. The normalized spacial score (nSPS) is 16.0. The van der Waals surface area contributed by atoms with Crippen LogP contribution in [0.2, 0.25) is 0 Å². The first-order valence-corrected chi connectivity index (χ1v) is 7.49. The van der Waals surface area contributed by atoms with E-state index in [0.717, 1.165) is 9.80 Å². The summed E-state index contributed by atoms with van der Waals surface area (Å²) in [7, 11) is 2.78. The summed E-state index contributed by atoms with van der Waals surface area (Å²) in [6.45, 7) is 0. The minimum absolute atomic E-state index is 0. The van der Waals surface area contributed by atoms with Crippen LogP contribution in [0.5, 0.6) is 0 Å². The molecule has 2 aliphatic heterocycles. The largest absolute Gasteiger partial charge is 0.327 e. The Kier molecular flexibility index (Phi) is 4.02. The molecule has 2 heterocycles. The third-order valence-corrected chi connectivity index (χ3v) is 4.89. The van der Waals surface area contributed by atoms with Crippen molar-refractivity contribution in [1.29, 1.82) is 0 Å². The van der Waals surface area contributed by atoms with Crippen LogP contribution in [-0.4, -0.2) is 47.5 Å². The van der Waals surface area contributed by atoms with Crippen LogP contribution < -0.4 is 0 Å². The number of amides is 4. The van der Waals surface area contributed by atoms with Gasteiger partial charge in [-0.1, -0.05) is 32.3 Å². The fourth-order valence-electron chi connectivity index (χ4n) is 3.06. The van der Waals surface area contributed by atoms with Gasteiger partial charge in [0, 0.05) is 62.4 Å². The first-order valence-electron chi connectivity index (χ1n) is 6.70. The van der Waals surface area contributed by atoms with E-state index in [2.05, 4.69) is 22.0 Å². The summed E-state index contributed by atoms with van der Waals surface area (Å²) in [4.78, 5) is 51.6. The molecule has 2 aliphatic rings. The quantitative estimate of drug-likeness (QED) is 0.444. The summed E-state index contributed by atoms with van der Waals surface area (Å²) in [6, 6.07) is 5.73. The van der Waals surface area contributed by atoms with E-state index in [-0.39, 0.29) is 55.0 Å². The van der Waals surface area contributed by atoms with Crippen LogP contribution >= 0.6 is 15.9 Å². The maximum absolute atomic E-state index is 12.5. The number of imide groups is 2. The monoisotopic (exact) mass is 460 g/mol. The molecule has 0 N–H and O–H groups in total. The van der Waals surface area contributed by atoms with Gasteiger partial charge in [0.05, 0.1) is 0 Å². The molecule has 0 unspecified atom stereocenters. The van der Waals surface area contributed by atoms with Gasteiger partial charge in [-0.2, -0.15) is 0 Å². The van der Waals surface area contributed by atoms with E-state index in [1.165, 1.54) is 26.2 Å². The molecule has 1 radical (unpaired) electrons. The van der Waals surface area contributed by atoms with Crippen molar-refractivity contribution in [3.63, 3.8) is 0 Å². The maximum atomic E-state index is 12.5. The Labute approximate surface area is 170 Å². The van der Waals surface area contributed by atoms with Crippen molar-refractivity contribution in [2.45, 2.75) is 0 Å². The van der Waals surface area contributed by atoms with E-state index in [1.54, 1.807) is 0 Å². The summed E-state index contributed by atoms with van der Waals surface area (Å²) in [5.41, 5.74) is 1.01. The van der Waals surface area contributed by atoms with Crippen molar-refractivity contribution < 1.29 is 51.9 Å². The molecule has 8 heteroatoms. The van der Waals surface area contributed by atoms with Gasteiger partial charge in [0.1, 0.15) is 0 Å². The first kappa shape index (κ1) is 17.4. The van der Waals surface area contributed by atoms with Crippen LogP contribution in [0.1, 0.15) is 41.4 Å². The van der Waals surface area contributed by atoms with E-state index in [9.17, 15) is 19.2 Å². The summed E-state index contributed by atoms with van der Waals surface area (Å²) in [5.74, 6) is -1.93. The van der Waals surface area contributed by atoms with E-state index in [0.29, 0.717) is 15.2 Å². The van der Waals surface area contributed by atoms with Gasteiger partial charge in [-0.25, -0.2) is 0 Å². The Hall–Kier alpha value is -1.44.